The molecule has 120 valence electrons. The van der Waals surface area contributed by atoms with Crippen LogP contribution in [0.15, 0.2) is 24.3 Å². The van der Waals surface area contributed by atoms with E-state index in [1.165, 1.54) is 0 Å². The average Bonchev–Trinajstić information content (AvgIpc) is 2.53. The largest absolute Gasteiger partial charge is 0.449 e. The molecule has 0 atom stereocenters. The summed E-state index contributed by atoms with van der Waals surface area (Å²) in [4.78, 5) is 27.7. The van der Waals surface area contributed by atoms with Gasteiger partial charge in [-0.05, 0) is 25.0 Å². The van der Waals surface area contributed by atoms with E-state index in [4.69, 9.17) is 4.74 Å². The molecule has 1 aromatic rings. The third kappa shape index (κ3) is 4.23. The number of ether oxygens (including phenoxy) is 1. The summed E-state index contributed by atoms with van der Waals surface area (Å²) in [7, 11) is 0. The van der Waals surface area contributed by atoms with Gasteiger partial charge in [-0.2, -0.15) is 0 Å². The summed E-state index contributed by atoms with van der Waals surface area (Å²) in [6.07, 6.45) is -0.281. The van der Waals surface area contributed by atoms with Crippen molar-refractivity contribution in [3.05, 3.63) is 35.4 Å². The second-order valence-corrected chi connectivity index (χ2v) is 6.12. The summed E-state index contributed by atoms with van der Waals surface area (Å²) in [6.45, 7) is 8.57. The van der Waals surface area contributed by atoms with Gasteiger partial charge in [-0.15, -0.1) is 0 Å². The van der Waals surface area contributed by atoms with E-state index in [-0.39, 0.29) is 12.0 Å². The standard InChI is InChI=1S/C17H24N2O3/c1-13(2)12-22-17(21)19-10-8-18(9-11-19)16(20)15-6-4-14(3)5-7-15/h4-7,13H,8-12H2,1-3H3. The smallest absolute Gasteiger partial charge is 0.409 e. The van der Waals surface area contributed by atoms with E-state index in [2.05, 4.69) is 0 Å². The van der Waals surface area contributed by atoms with Crippen LogP contribution < -0.4 is 0 Å². The van der Waals surface area contributed by atoms with Gasteiger partial charge in [0, 0.05) is 31.7 Å². The second kappa shape index (κ2) is 7.29. The molecular formula is C17H24N2O3. The highest BCUT2D eigenvalue weighted by molar-refractivity contribution is 5.94. The quantitative estimate of drug-likeness (QED) is 0.862. The second-order valence-electron chi connectivity index (χ2n) is 6.12. The third-order valence-corrected chi connectivity index (χ3v) is 3.66. The van der Waals surface area contributed by atoms with Crippen LogP contribution in [0.4, 0.5) is 4.79 Å². The van der Waals surface area contributed by atoms with Crippen molar-refractivity contribution in [2.75, 3.05) is 32.8 Å². The number of piperazine rings is 1. The molecule has 1 aliphatic rings. The molecular weight excluding hydrogens is 280 g/mol. The minimum absolute atomic E-state index is 0.0233. The average molecular weight is 304 g/mol. The lowest BCUT2D eigenvalue weighted by atomic mass is 10.1. The molecule has 2 rings (SSSR count). The van der Waals surface area contributed by atoms with Gasteiger partial charge in [0.05, 0.1) is 6.61 Å². The molecule has 0 aliphatic carbocycles. The summed E-state index contributed by atoms with van der Waals surface area (Å²) in [5, 5.41) is 0. The first-order valence-corrected chi connectivity index (χ1v) is 7.75. The van der Waals surface area contributed by atoms with E-state index in [1.54, 1.807) is 9.80 Å². The zero-order valence-electron chi connectivity index (χ0n) is 13.5. The molecule has 2 amide bonds. The van der Waals surface area contributed by atoms with Crippen molar-refractivity contribution in [2.24, 2.45) is 5.92 Å². The lowest BCUT2D eigenvalue weighted by Gasteiger charge is -2.34. The molecule has 1 heterocycles. The third-order valence-electron chi connectivity index (χ3n) is 3.66. The first-order valence-electron chi connectivity index (χ1n) is 7.75. The number of carbonyl (C=O) groups is 2. The SMILES string of the molecule is Cc1ccc(C(=O)N2CCN(C(=O)OCC(C)C)CC2)cc1. The van der Waals surface area contributed by atoms with Gasteiger partial charge in [-0.1, -0.05) is 31.5 Å². The lowest BCUT2D eigenvalue weighted by molar-refractivity contribution is 0.0535. The van der Waals surface area contributed by atoms with Crippen LogP contribution in [0.5, 0.6) is 0 Å². The van der Waals surface area contributed by atoms with Gasteiger partial charge >= 0.3 is 6.09 Å². The molecule has 1 aromatic carbocycles. The summed E-state index contributed by atoms with van der Waals surface area (Å²) in [6, 6.07) is 7.57. The Morgan fingerprint density at radius 1 is 1.05 bits per heavy atom. The Hall–Kier alpha value is -2.04. The van der Waals surface area contributed by atoms with Crippen molar-refractivity contribution in [2.45, 2.75) is 20.8 Å². The maximum atomic E-state index is 12.4. The molecule has 5 nitrogen and oxygen atoms in total. The van der Waals surface area contributed by atoms with Gasteiger partial charge in [-0.25, -0.2) is 4.79 Å². The molecule has 0 radical (unpaired) electrons. The predicted octanol–water partition coefficient (Wildman–Crippen LogP) is 2.55. The molecule has 1 fully saturated rings. The lowest BCUT2D eigenvalue weighted by Crippen LogP contribution is -2.50. The number of carbonyl (C=O) groups excluding carboxylic acids is 2. The van der Waals surface area contributed by atoms with Gasteiger partial charge in [0.25, 0.3) is 5.91 Å². The number of benzene rings is 1. The Bertz CT molecular complexity index is 517. The summed E-state index contributed by atoms with van der Waals surface area (Å²) in [5.74, 6) is 0.351. The van der Waals surface area contributed by atoms with Crippen LogP contribution in [-0.4, -0.2) is 54.6 Å². The Morgan fingerprint density at radius 2 is 1.59 bits per heavy atom. The minimum Gasteiger partial charge on any atom is -0.449 e. The molecule has 0 N–H and O–H groups in total. The zero-order valence-corrected chi connectivity index (χ0v) is 13.5. The highest BCUT2D eigenvalue weighted by Crippen LogP contribution is 2.11. The van der Waals surface area contributed by atoms with Crippen LogP contribution in [-0.2, 0) is 4.74 Å². The first-order chi connectivity index (χ1) is 10.5. The Balaban J connectivity index is 1.85. The van der Waals surface area contributed by atoms with Gasteiger partial charge in [0.15, 0.2) is 0 Å². The number of rotatable bonds is 3. The van der Waals surface area contributed by atoms with E-state index in [9.17, 15) is 9.59 Å². The summed E-state index contributed by atoms with van der Waals surface area (Å²) < 4.78 is 5.22. The molecule has 5 heteroatoms. The highest BCUT2D eigenvalue weighted by atomic mass is 16.6. The molecule has 1 saturated heterocycles. The fraction of sp³-hybridized carbons (Fsp3) is 0.529. The van der Waals surface area contributed by atoms with Crippen molar-refractivity contribution in [3.8, 4) is 0 Å². The number of hydrogen-bond acceptors (Lipinski definition) is 3. The Kier molecular flexibility index (Phi) is 5.41. The van der Waals surface area contributed by atoms with Crippen molar-refractivity contribution < 1.29 is 14.3 Å². The van der Waals surface area contributed by atoms with E-state index in [0.29, 0.717) is 44.3 Å². The number of nitrogens with zero attached hydrogens (tertiary/aromatic N) is 2. The van der Waals surface area contributed by atoms with Crippen molar-refractivity contribution >= 4 is 12.0 Å². The van der Waals surface area contributed by atoms with Gasteiger partial charge in [0.1, 0.15) is 0 Å². The molecule has 0 spiro atoms. The normalized spacial score (nSPS) is 15.1. The molecule has 0 saturated carbocycles. The topological polar surface area (TPSA) is 49.9 Å². The Labute approximate surface area is 131 Å². The number of hydrogen-bond donors (Lipinski definition) is 0. The highest BCUT2D eigenvalue weighted by Gasteiger charge is 2.25. The predicted molar refractivity (Wildman–Crippen MR) is 84.8 cm³/mol. The summed E-state index contributed by atoms with van der Waals surface area (Å²) >= 11 is 0. The molecule has 0 unspecified atom stereocenters. The van der Waals surface area contributed by atoms with Crippen molar-refractivity contribution in [1.82, 2.24) is 9.80 Å². The van der Waals surface area contributed by atoms with Crippen LogP contribution in [0.25, 0.3) is 0 Å². The van der Waals surface area contributed by atoms with Gasteiger partial charge in [-0.3, -0.25) is 4.79 Å². The molecule has 22 heavy (non-hydrogen) atoms. The van der Waals surface area contributed by atoms with E-state index in [0.717, 1.165) is 5.56 Å². The number of aryl methyl sites for hydroxylation is 1. The minimum atomic E-state index is -0.281. The van der Waals surface area contributed by atoms with E-state index < -0.39 is 0 Å². The fourth-order valence-electron chi connectivity index (χ4n) is 2.30. The molecule has 0 bridgehead atoms. The van der Waals surface area contributed by atoms with E-state index in [1.807, 2.05) is 45.0 Å². The van der Waals surface area contributed by atoms with Gasteiger partial charge in [0.2, 0.25) is 0 Å². The van der Waals surface area contributed by atoms with Crippen LogP contribution in [0.3, 0.4) is 0 Å². The Morgan fingerprint density at radius 3 is 2.14 bits per heavy atom. The van der Waals surface area contributed by atoms with Crippen molar-refractivity contribution in [1.29, 1.82) is 0 Å². The fourth-order valence-corrected chi connectivity index (χ4v) is 2.30. The van der Waals surface area contributed by atoms with Crippen molar-refractivity contribution in [3.63, 3.8) is 0 Å². The summed E-state index contributed by atoms with van der Waals surface area (Å²) in [5.41, 5.74) is 1.83. The van der Waals surface area contributed by atoms with Crippen LogP contribution in [0.1, 0.15) is 29.8 Å². The van der Waals surface area contributed by atoms with Crippen LogP contribution in [0.2, 0.25) is 0 Å². The van der Waals surface area contributed by atoms with Crippen LogP contribution in [0, 0.1) is 12.8 Å². The molecule has 1 aliphatic heterocycles. The monoisotopic (exact) mass is 304 g/mol. The van der Waals surface area contributed by atoms with E-state index >= 15 is 0 Å². The maximum Gasteiger partial charge on any atom is 0.409 e. The first kappa shape index (κ1) is 16.3. The van der Waals surface area contributed by atoms with Gasteiger partial charge < -0.3 is 14.5 Å². The zero-order chi connectivity index (χ0) is 16.1. The maximum absolute atomic E-state index is 12.4. The molecule has 0 aromatic heterocycles. The van der Waals surface area contributed by atoms with Crippen LogP contribution >= 0.6 is 0 Å². The number of amides is 2.